The molecule has 88 valence electrons. The maximum absolute atomic E-state index is 2.48. The van der Waals surface area contributed by atoms with Crippen molar-refractivity contribution in [2.75, 3.05) is 40.3 Å². The highest BCUT2D eigenvalue weighted by Gasteiger charge is 2.23. The van der Waals surface area contributed by atoms with E-state index in [1.165, 1.54) is 58.3 Å². The molecule has 0 atom stereocenters. The summed E-state index contributed by atoms with van der Waals surface area (Å²) in [5.41, 5.74) is 0. The third-order valence-corrected chi connectivity index (χ3v) is 4.34. The van der Waals surface area contributed by atoms with Gasteiger partial charge in [-0.1, -0.05) is 0 Å². The Morgan fingerprint density at radius 1 is 0.733 bits per heavy atom. The summed E-state index contributed by atoms with van der Waals surface area (Å²) < 4.78 is 0. The molecule has 0 bridgehead atoms. The Balaban J connectivity index is 1.68. The van der Waals surface area contributed by atoms with Gasteiger partial charge in [-0.25, -0.2) is 0 Å². The normalized spacial score (nSPS) is 28.4. The number of hydrogen-bond donors (Lipinski definition) is 0. The molecule has 2 nitrogen and oxygen atoms in total. The van der Waals surface area contributed by atoms with Gasteiger partial charge in [0.15, 0.2) is 0 Å². The first kappa shape index (κ1) is 11.4. The first-order valence-corrected chi connectivity index (χ1v) is 6.61. The number of likely N-dealkylation sites (tertiary alicyclic amines) is 2. The van der Waals surface area contributed by atoms with E-state index in [9.17, 15) is 0 Å². The average Bonchev–Trinajstić information content (AvgIpc) is 2.25. The molecule has 2 rings (SSSR count). The van der Waals surface area contributed by atoms with Gasteiger partial charge < -0.3 is 9.80 Å². The largest absolute Gasteiger partial charge is 0.306 e. The molecule has 15 heavy (non-hydrogen) atoms. The van der Waals surface area contributed by atoms with Gasteiger partial charge in [-0.05, 0) is 84.2 Å². The summed E-state index contributed by atoms with van der Waals surface area (Å²) in [5, 5.41) is 0. The van der Waals surface area contributed by atoms with Gasteiger partial charge in [-0.3, -0.25) is 0 Å². The summed E-state index contributed by atoms with van der Waals surface area (Å²) >= 11 is 0. The lowest BCUT2D eigenvalue weighted by Gasteiger charge is -2.34. The molecule has 2 fully saturated rings. The van der Waals surface area contributed by atoms with Crippen LogP contribution in [0.5, 0.6) is 0 Å². The Morgan fingerprint density at radius 2 is 1.07 bits per heavy atom. The highest BCUT2D eigenvalue weighted by Crippen LogP contribution is 2.29. The highest BCUT2D eigenvalue weighted by molar-refractivity contribution is 4.76. The van der Waals surface area contributed by atoms with Gasteiger partial charge in [-0.2, -0.15) is 0 Å². The summed E-state index contributed by atoms with van der Waals surface area (Å²) in [4.78, 5) is 4.95. The second-order valence-corrected chi connectivity index (χ2v) is 5.73. The first-order valence-electron chi connectivity index (χ1n) is 6.61. The van der Waals surface area contributed by atoms with Crippen molar-refractivity contribution < 1.29 is 0 Å². The molecule has 0 aromatic carbocycles. The van der Waals surface area contributed by atoms with Crippen LogP contribution in [0.3, 0.4) is 0 Å². The Kier molecular flexibility index (Phi) is 4.04. The zero-order chi connectivity index (χ0) is 10.7. The van der Waals surface area contributed by atoms with Crippen molar-refractivity contribution in [1.82, 2.24) is 9.80 Å². The molecule has 0 aromatic heterocycles. The monoisotopic (exact) mass is 210 g/mol. The topological polar surface area (TPSA) is 6.48 Å². The zero-order valence-corrected chi connectivity index (χ0v) is 10.4. The molecule has 0 unspecified atom stereocenters. The van der Waals surface area contributed by atoms with Crippen LogP contribution in [0.4, 0.5) is 0 Å². The van der Waals surface area contributed by atoms with Gasteiger partial charge in [0.05, 0.1) is 0 Å². The van der Waals surface area contributed by atoms with Gasteiger partial charge in [0.1, 0.15) is 0 Å². The van der Waals surface area contributed by atoms with Crippen molar-refractivity contribution >= 4 is 0 Å². The molecule has 2 heteroatoms. The highest BCUT2D eigenvalue weighted by atomic mass is 15.1. The maximum atomic E-state index is 2.48. The molecule has 2 aliphatic heterocycles. The maximum Gasteiger partial charge on any atom is -0.00191 e. The summed E-state index contributed by atoms with van der Waals surface area (Å²) in [5.74, 6) is 2.07. The van der Waals surface area contributed by atoms with Crippen LogP contribution in [0.2, 0.25) is 0 Å². The van der Waals surface area contributed by atoms with E-state index in [4.69, 9.17) is 0 Å². The van der Waals surface area contributed by atoms with Crippen LogP contribution in [-0.2, 0) is 0 Å². The molecule has 2 heterocycles. The number of piperidine rings is 2. The van der Waals surface area contributed by atoms with Crippen molar-refractivity contribution in [3.63, 3.8) is 0 Å². The van der Waals surface area contributed by atoms with E-state index >= 15 is 0 Å². The van der Waals surface area contributed by atoms with Crippen LogP contribution >= 0.6 is 0 Å². The molecule has 0 aliphatic carbocycles. The molecule has 2 saturated heterocycles. The fraction of sp³-hybridized carbons (Fsp3) is 1.00. The van der Waals surface area contributed by atoms with Crippen LogP contribution in [0.1, 0.15) is 32.1 Å². The summed E-state index contributed by atoms with van der Waals surface area (Å²) in [6.07, 6.45) is 7.30. The number of nitrogens with zero attached hydrogens (tertiary/aromatic N) is 2. The summed E-state index contributed by atoms with van der Waals surface area (Å²) in [6.45, 7) is 5.32. The van der Waals surface area contributed by atoms with E-state index in [0.717, 1.165) is 11.8 Å². The molecule has 0 aromatic rings. The van der Waals surface area contributed by atoms with E-state index in [2.05, 4.69) is 23.9 Å². The molecular weight excluding hydrogens is 184 g/mol. The zero-order valence-electron chi connectivity index (χ0n) is 10.4. The third-order valence-electron chi connectivity index (χ3n) is 4.34. The van der Waals surface area contributed by atoms with Crippen LogP contribution in [0.15, 0.2) is 0 Å². The molecule has 0 radical (unpaired) electrons. The fourth-order valence-corrected chi connectivity index (χ4v) is 3.07. The number of rotatable bonds is 2. The standard InChI is InChI=1S/C13H26N2/c1-14-7-3-12(4-8-14)11-13-5-9-15(2)10-6-13/h12-13H,3-11H2,1-2H3. The Bertz CT molecular complexity index is 157. The van der Waals surface area contributed by atoms with Crippen molar-refractivity contribution in [2.45, 2.75) is 32.1 Å². The fourth-order valence-electron chi connectivity index (χ4n) is 3.07. The quantitative estimate of drug-likeness (QED) is 0.688. The van der Waals surface area contributed by atoms with E-state index in [1.807, 2.05) is 0 Å². The minimum atomic E-state index is 1.04. The van der Waals surface area contributed by atoms with E-state index in [1.54, 1.807) is 0 Å². The van der Waals surface area contributed by atoms with Crippen LogP contribution in [0.25, 0.3) is 0 Å². The lowest BCUT2D eigenvalue weighted by molar-refractivity contribution is 0.156. The van der Waals surface area contributed by atoms with E-state index in [-0.39, 0.29) is 0 Å². The van der Waals surface area contributed by atoms with Crippen molar-refractivity contribution in [1.29, 1.82) is 0 Å². The van der Waals surface area contributed by atoms with Gasteiger partial charge >= 0.3 is 0 Å². The Hall–Kier alpha value is -0.0800. The van der Waals surface area contributed by atoms with E-state index < -0.39 is 0 Å². The SMILES string of the molecule is CN1CCC(CC2CCN(C)CC2)CC1. The predicted molar refractivity (Wildman–Crippen MR) is 65.1 cm³/mol. The minimum Gasteiger partial charge on any atom is -0.306 e. The smallest absolute Gasteiger partial charge is 0.00191 e. The summed E-state index contributed by atoms with van der Waals surface area (Å²) in [6, 6.07) is 0. The number of hydrogen-bond acceptors (Lipinski definition) is 2. The molecule has 0 amide bonds. The van der Waals surface area contributed by atoms with E-state index in [0.29, 0.717) is 0 Å². The van der Waals surface area contributed by atoms with Gasteiger partial charge in [0.25, 0.3) is 0 Å². The molecule has 0 spiro atoms. The van der Waals surface area contributed by atoms with Crippen molar-refractivity contribution in [3.05, 3.63) is 0 Å². The predicted octanol–water partition coefficient (Wildman–Crippen LogP) is 2.06. The average molecular weight is 210 g/mol. The van der Waals surface area contributed by atoms with Gasteiger partial charge in [0.2, 0.25) is 0 Å². The third kappa shape index (κ3) is 3.46. The molecule has 0 saturated carbocycles. The second-order valence-electron chi connectivity index (χ2n) is 5.73. The lowest BCUT2D eigenvalue weighted by atomic mass is 9.83. The van der Waals surface area contributed by atoms with Crippen molar-refractivity contribution in [2.24, 2.45) is 11.8 Å². The lowest BCUT2D eigenvalue weighted by Crippen LogP contribution is -2.34. The Morgan fingerprint density at radius 3 is 1.40 bits per heavy atom. The second kappa shape index (κ2) is 5.31. The minimum absolute atomic E-state index is 1.04. The van der Waals surface area contributed by atoms with Crippen molar-refractivity contribution in [3.8, 4) is 0 Å². The van der Waals surface area contributed by atoms with Crippen LogP contribution < -0.4 is 0 Å². The van der Waals surface area contributed by atoms with Gasteiger partial charge in [0, 0.05) is 0 Å². The Labute approximate surface area is 94.6 Å². The molecule has 0 N–H and O–H groups in total. The van der Waals surface area contributed by atoms with Crippen LogP contribution in [-0.4, -0.2) is 50.1 Å². The summed E-state index contributed by atoms with van der Waals surface area (Å²) in [7, 11) is 4.51. The first-order chi connectivity index (χ1) is 7.24. The molecular formula is C13H26N2. The molecule has 2 aliphatic rings. The van der Waals surface area contributed by atoms with Crippen LogP contribution in [0, 0.1) is 11.8 Å². The van der Waals surface area contributed by atoms with Gasteiger partial charge in [-0.15, -0.1) is 0 Å².